The van der Waals surface area contributed by atoms with E-state index in [-0.39, 0.29) is 5.69 Å². The summed E-state index contributed by atoms with van der Waals surface area (Å²) in [6, 6.07) is 9.81. The van der Waals surface area contributed by atoms with Crippen LogP contribution in [0, 0.1) is 10.1 Å². The quantitative estimate of drug-likeness (QED) is 0.439. The molecule has 0 aliphatic carbocycles. The van der Waals surface area contributed by atoms with Gasteiger partial charge < -0.3 is 4.42 Å². The van der Waals surface area contributed by atoms with Crippen molar-refractivity contribution in [2.24, 2.45) is 5.10 Å². The summed E-state index contributed by atoms with van der Waals surface area (Å²) in [5.74, 6) is 0.639. The molecule has 3 rings (SSSR count). The number of thiazole rings is 1. The van der Waals surface area contributed by atoms with E-state index in [2.05, 4.69) is 15.5 Å². The zero-order valence-corrected chi connectivity index (χ0v) is 12.0. The largest absolute Gasteiger partial charge is 0.463 e. The molecule has 0 bridgehead atoms. The van der Waals surface area contributed by atoms with E-state index in [1.807, 2.05) is 5.38 Å². The maximum atomic E-state index is 10.6. The highest BCUT2D eigenvalue weighted by Crippen LogP contribution is 2.26. The number of nitro groups is 1. The molecule has 0 aliphatic rings. The van der Waals surface area contributed by atoms with Gasteiger partial charge in [-0.2, -0.15) is 5.10 Å². The third-order valence-electron chi connectivity index (χ3n) is 2.77. The highest BCUT2D eigenvalue weighted by Gasteiger charge is 2.07. The number of nitrogens with zero attached hydrogens (tertiary/aromatic N) is 3. The predicted octanol–water partition coefficient (Wildman–Crippen LogP) is 3.76. The van der Waals surface area contributed by atoms with E-state index in [1.165, 1.54) is 23.5 Å². The van der Waals surface area contributed by atoms with Crippen LogP contribution in [0.2, 0.25) is 0 Å². The Bertz CT molecular complexity index is 794. The first-order chi connectivity index (χ1) is 10.7. The van der Waals surface area contributed by atoms with E-state index in [9.17, 15) is 10.1 Å². The van der Waals surface area contributed by atoms with Crippen LogP contribution in [0.3, 0.4) is 0 Å². The van der Waals surface area contributed by atoms with Gasteiger partial charge in [0.05, 0.1) is 23.1 Å². The number of non-ortho nitro benzene ring substituents is 1. The lowest BCUT2D eigenvalue weighted by molar-refractivity contribution is -0.384. The van der Waals surface area contributed by atoms with Gasteiger partial charge in [-0.1, -0.05) is 0 Å². The number of nitrogens with one attached hydrogen (secondary N) is 1. The first kappa shape index (κ1) is 14.0. The van der Waals surface area contributed by atoms with Crippen molar-refractivity contribution in [3.8, 4) is 11.3 Å². The van der Waals surface area contributed by atoms with E-state index in [0.29, 0.717) is 10.9 Å². The van der Waals surface area contributed by atoms with Gasteiger partial charge in [0.2, 0.25) is 5.13 Å². The van der Waals surface area contributed by atoms with Crippen LogP contribution in [-0.4, -0.2) is 16.1 Å². The molecule has 0 fully saturated rings. The van der Waals surface area contributed by atoms with Crippen molar-refractivity contribution in [3.05, 3.63) is 63.9 Å². The molecule has 0 amide bonds. The van der Waals surface area contributed by atoms with E-state index in [1.54, 1.807) is 36.7 Å². The smallest absolute Gasteiger partial charge is 0.269 e. The number of furan rings is 1. The number of benzene rings is 1. The SMILES string of the molecule is O=[N+]([O-])c1ccc(-c2csc(NN=Cc3ccco3)n2)cc1. The number of hydrogen-bond donors (Lipinski definition) is 1. The fourth-order valence-electron chi connectivity index (χ4n) is 1.73. The number of hydrazone groups is 1. The standard InChI is InChI=1S/C14H10N4O3S/c19-18(20)11-5-3-10(4-6-11)13-9-22-14(16-13)17-15-8-12-2-1-7-21-12/h1-9H,(H,16,17). The second-order valence-corrected chi connectivity index (χ2v) is 5.09. The Morgan fingerprint density at radius 2 is 2.14 bits per heavy atom. The van der Waals surface area contributed by atoms with Crippen LogP contribution in [0.4, 0.5) is 10.8 Å². The van der Waals surface area contributed by atoms with Crippen molar-refractivity contribution in [2.75, 3.05) is 5.43 Å². The Labute approximate surface area is 129 Å². The molecule has 0 radical (unpaired) electrons. The number of nitro benzene ring substituents is 1. The number of hydrogen-bond acceptors (Lipinski definition) is 7. The van der Waals surface area contributed by atoms with E-state index in [4.69, 9.17) is 4.42 Å². The van der Waals surface area contributed by atoms with Crippen molar-refractivity contribution >= 4 is 28.4 Å². The molecular weight excluding hydrogens is 304 g/mol. The van der Waals surface area contributed by atoms with Crippen molar-refractivity contribution in [1.29, 1.82) is 0 Å². The van der Waals surface area contributed by atoms with Crippen LogP contribution in [0.5, 0.6) is 0 Å². The lowest BCUT2D eigenvalue weighted by atomic mass is 10.1. The van der Waals surface area contributed by atoms with Gasteiger partial charge >= 0.3 is 0 Å². The molecule has 1 aromatic carbocycles. The summed E-state index contributed by atoms with van der Waals surface area (Å²) in [5, 5.41) is 17.1. The molecule has 0 atom stereocenters. The topological polar surface area (TPSA) is 93.6 Å². The fourth-order valence-corrected chi connectivity index (χ4v) is 2.40. The minimum absolute atomic E-state index is 0.0559. The monoisotopic (exact) mass is 314 g/mol. The van der Waals surface area contributed by atoms with Crippen LogP contribution in [-0.2, 0) is 0 Å². The highest BCUT2D eigenvalue weighted by molar-refractivity contribution is 7.14. The van der Waals surface area contributed by atoms with Gasteiger partial charge in [0.15, 0.2) is 0 Å². The Morgan fingerprint density at radius 3 is 2.82 bits per heavy atom. The summed E-state index contributed by atoms with van der Waals surface area (Å²) >= 11 is 1.39. The molecule has 110 valence electrons. The lowest BCUT2D eigenvalue weighted by Crippen LogP contribution is -1.89. The molecule has 0 unspecified atom stereocenters. The molecule has 0 spiro atoms. The first-order valence-electron chi connectivity index (χ1n) is 6.25. The van der Waals surface area contributed by atoms with E-state index >= 15 is 0 Å². The molecule has 1 N–H and O–H groups in total. The summed E-state index contributed by atoms with van der Waals surface area (Å²) in [4.78, 5) is 14.6. The third-order valence-corrected chi connectivity index (χ3v) is 3.52. The lowest BCUT2D eigenvalue weighted by Gasteiger charge is -1.96. The van der Waals surface area contributed by atoms with Gasteiger partial charge in [0.25, 0.3) is 5.69 Å². The summed E-state index contributed by atoms with van der Waals surface area (Å²) in [7, 11) is 0. The van der Waals surface area contributed by atoms with Crippen LogP contribution in [0.15, 0.2) is 57.6 Å². The van der Waals surface area contributed by atoms with Crippen molar-refractivity contribution < 1.29 is 9.34 Å². The Hall–Kier alpha value is -3.00. The summed E-state index contributed by atoms with van der Waals surface area (Å²) in [5.41, 5.74) is 4.41. The Morgan fingerprint density at radius 1 is 1.32 bits per heavy atom. The molecule has 0 saturated heterocycles. The molecule has 0 saturated carbocycles. The third kappa shape index (κ3) is 3.18. The molecular formula is C14H10N4O3S. The van der Waals surface area contributed by atoms with Gasteiger partial charge in [0, 0.05) is 23.1 Å². The fraction of sp³-hybridized carbons (Fsp3) is 0. The summed E-state index contributed by atoms with van der Waals surface area (Å²) in [6.07, 6.45) is 3.12. The van der Waals surface area contributed by atoms with Gasteiger partial charge in [-0.15, -0.1) is 11.3 Å². The number of rotatable bonds is 5. The van der Waals surface area contributed by atoms with Crippen molar-refractivity contribution in [2.45, 2.75) is 0 Å². The minimum atomic E-state index is -0.429. The normalized spacial score (nSPS) is 10.9. The predicted molar refractivity (Wildman–Crippen MR) is 84.1 cm³/mol. The van der Waals surface area contributed by atoms with Crippen LogP contribution in [0.25, 0.3) is 11.3 Å². The van der Waals surface area contributed by atoms with Gasteiger partial charge in [-0.05, 0) is 24.3 Å². The molecule has 8 heteroatoms. The Kier molecular flexibility index (Phi) is 3.92. The van der Waals surface area contributed by atoms with Crippen LogP contribution in [0.1, 0.15) is 5.76 Å². The molecule has 0 aliphatic heterocycles. The molecule has 2 heterocycles. The molecule has 22 heavy (non-hydrogen) atoms. The summed E-state index contributed by atoms with van der Waals surface area (Å²) in [6.45, 7) is 0. The second-order valence-electron chi connectivity index (χ2n) is 4.23. The Balaban J connectivity index is 1.69. The number of anilines is 1. The maximum Gasteiger partial charge on any atom is 0.269 e. The summed E-state index contributed by atoms with van der Waals surface area (Å²) < 4.78 is 5.12. The minimum Gasteiger partial charge on any atom is -0.463 e. The first-order valence-corrected chi connectivity index (χ1v) is 7.13. The molecule has 2 aromatic heterocycles. The van der Waals surface area contributed by atoms with Crippen molar-refractivity contribution in [1.82, 2.24) is 4.98 Å². The van der Waals surface area contributed by atoms with Crippen LogP contribution >= 0.6 is 11.3 Å². The number of aromatic nitrogens is 1. The van der Waals surface area contributed by atoms with Gasteiger partial charge in [0.1, 0.15) is 5.76 Å². The zero-order chi connectivity index (χ0) is 15.4. The second kappa shape index (κ2) is 6.19. The van der Waals surface area contributed by atoms with E-state index in [0.717, 1.165) is 11.3 Å². The van der Waals surface area contributed by atoms with Crippen molar-refractivity contribution in [3.63, 3.8) is 0 Å². The highest BCUT2D eigenvalue weighted by atomic mass is 32.1. The molecule has 7 nitrogen and oxygen atoms in total. The van der Waals surface area contributed by atoms with Gasteiger partial charge in [-0.3, -0.25) is 15.5 Å². The molecule has 3 aromatic rings. The van der Waals surface area contributed by atoms with E-state index < -0.39 is 4.92 Å². The van der Waals surface area contributed by atoms with Crippen LogP contribution < -0.4 is 5.43 Å². The average molecular weight is 314 g/mol. The zero-order valence-electron chi connectivity index (χ0n) is 11.2. The average Bonchev–Trinajstić information content (AvgIpc) is 3.19. The maximum absolute atomic E-state index is 10.6. The van der Waals surface area contributed by atoms with Gasteiger partial charge in [-0.25, -0.2) is 4.98 Å².